The molecule has 2 aromatic heterocycles. The van der Waals surface area contributed by atoms with Crippen LogP contribution in [0.4, 0.5) is 5.69 Å². The molecule has 0 unspecified atom stereocenters. The summed E-state index contributed by atoms with van der Waals surface area (Å²) in [7, 11) is -3.62. The Morgan fingerprint density at radius 3 is 2.44 bits per heavy atom. The number of fused-ring (bicyclic) bond motifs is 1. The predicted octanol–water partition coefficient (Wildman–Crippen LogP) is 4.21. The molecule has 0 bridgehead atoms. The minimum atomic E-state index is -3.62. The van der Waals surface area contributed by atoms with E-state index >= 15 is 0 Å². The summed E-state index contributed by atoms with van der Waals surface area (Å²) < 4.78 is 29.6. The van der Waals surface area contributed by atoms with Crippen LogP contribution in [0.15, 0.2) is 78.1 Å². The number of sulfonamides is 1. The number of amides is 1. The second-order valence-corrected chi connectivity index (χ2v) is 10.3. The number of rotatable bonds is 5. The van der Waals surface area contributed by atoms with E-state index < -0.39 is 10.0 Å². The SMILES string of the molecule is O=C(Nc1ccc(-c2cn3cccnc3n2)cc1)c1cccc(S(=O)(=O)N2CCCCCC2)c1. The predicted molar refractivity (Wildman–Crippen MR) is 130 cm³/mol. The summed E-state index contributed by atoms with van der Waals surface area (Å²) >= 11 is 0. The molecule has 2 aromatic carbocycles. The van der Waals surface area contributed by atoms with Gasteiger partial charge >= 0.3 is 0 Å². The first-order valence-electron chi connectivity index (χ1n) is 11.3. The molecular weight excluding hydrogens is 450 g/mol. The average molecular weight is 476 g/mol. The lowest BCUT2D eigenvalue weighted by molar-refractivity contribution is 0.102. The monoisotopic (exact) mass is 475 g/mol. The standard InChI is InChI=1S/C25H25N5O3S/c31-24(20-7-5-8-22(17-20)34(32,33)30-15-3-1-2-4-16-30)27-21-11-9-19(10-12-21)23-18-29-14-6-13-26-25(29)28-23/h5-14,17-18H,1-4,15-16H2,(H,27,31). The minimum absolute atomic E-state index is 0.151. The molecule has 1 saturated heterocycles. The zero-order valence-electron chi connectivity index (χ0n) is 18.6. The van der Waals surface area contributed by atoms with Gasteiger partial charge in [0.2, 0.25) is 15.8 Å². The van der Waals surface area contributed by atoms with Crippen molar-refractivity contribution in [2.45, 2.75) is 30.6 Å². The second-order valence-electron chi connectivity index (χ2n) is 8.33. The number of hydrogen-bond acceptors (Lipinski definition) is 5. The molecule has 4 aromatic rings. The van der Waals surface area contributed by atoms with Crippen molar-refractivity contribution in [2.75, 3.05) is 18.4 Å². The molecular formula is C25H25N5O3S. The summed E-state index contributed by atoms with van der Waals surface area (Å²) in [5.41, 5.74) is 2.58. The lowest BCUT2D eigenvalue weighted by Gasteiger charge is -2.20. The van der Waals surface area contributed by atoms with Gasteiger partial charge < -0.3 is 5.32 Å². The topological polar surface area (TPSA) is 96.7 Å². The highest BCUT2D eigenvalue weighted by molar-refractivity contribution is 7.89. The van der Waals surface area contributed by atoms with Gasteiger partial charge in [-0.05, 0) is 49.2 Å². The summed E-state index contributed by atoms with van der Waals surface area (Å²) in [6.07, 6.45) is 9.28. The molecule has 0 spiro atoms. The van der Waals surface area contributed by atoms with Crippen LogP contribution >= 0.6 is 0 Å². The Bertz CT molecular complexity index is 1390. The molecule has 0 atom stereocenters. The van der Waals surface area contributed by atoms with E-state index in [1.165, 1.54) is 10.4 Å². The molecule has 5 rings (SSSR count). The second kappa shape index (κ2) is 9.36. The van der Waals surface area contributed by atoms with Crippen LogP contribution < -0.4 is 5.32 Å². The van der Waals surface area contributed by atoms with E-state index in [-0.39, 0.29) is 10.8 Å². The van der Waals surface area contributed by atoms with Crippen LogP contribution in [0, 0.1) is 0 Å². The van der Waals surface area contributed by atoms with E-state index in [1.807, 2.05) is 35.0 Å². The van der Waals surface area contributed by atoms with Crippen LogP contribution in [0.1, 0.15) is 36.0 Å². The van der Waals surface area contributed by atoms with Crippen molar-refractivity contribution in [3.8, 4) is 11.3 Å². The van der Waals surface area contributed by atoms with Crippen molar-refractivity contribution in [3.63, 3.8) is 0 Å². The molecule has 1 aliphatic heterocycles. The Balaban J connectivity index is 1.31. The molecule has 1 fully saturated rings. The fourth-order valence-electron chi connectivity index (χ4n) is 4.13. The van der Waals surface area contributed by atoms with E-state index in [4.69, 9.17) is 0 Å². The van der Waals surface area contributed by atoms with E-state index in [2.05, 4.69) is 15.3 Å². The number of imidazole rings is 1. The van der Waals surface area contributed by atoms with E-state index in [9.17, 15) is 13.2 Å². The lowest BCUT2D eigenvalue weighted by Crippen LogP contribution is -2.32. The van der Waals surface area contributed by atoms with Gasteiger partial charge in [0.1, 0.15) is 0 Å². The number of carbonyl (C=O) groups is 1. The first-order valence-corrected chi connectivity index (χ1v) is 12.8. The Labute approximate surface area is 198 Å². The molecule has 3 heterocycles. The smallest absolute Gasteiger partial charge is 0.255 e. The van der Waals surface area contributed by atoms with Crippen LogP contribution in [0.25, 0.3) is 17.0 Å². The van der Waals surface area contributed by atoms with Gasteiger partial charge in [-0.1, -0.05) is 31.0 Å². The zero-order valence-corrected chi connectivity index (χ0v) is 19.4. The number of benzene rings is 2. The summed E-state index contributed by atoms with van der Waals surface area (Å²) in [6.45, 7) is 1.04. The molecule has 8 nitrogen and oxygen atoms in total. The zero-order chi connectivity index (χ0) is 23.5. The van der Waals surface area contributed by atoms with Gasteiger partial charge in [-0.3, -0.25) is 9.20 Å². The van der Waals surface area contributed by atoms with Crippen LogP contribution in [0.2, 0.25) is 0 Å². The summed E-state index contributed by atoms with van der Waals surface area (Å²) in [5.74, 6) is 0.252. The third kappa shape index (κ3) is 4.57. The van der Waals surface area contributed by atoms with Crippen LogP contribution in [0.3, 0.4) is 0 Å². The van der Waals surface area contributed by atoms with Crippen molar-refractivity contribution in [2.24, 2.45) is 0 Å². The van der Waals surface area contributed by atoms with Crippen molar-refractivity contribution < 1.29 is 13.2 Å². The highest BCUT2D eigenvalue weighted by Crippen LogP contribution is 2.23. The van der Waals surface area contributed by atoms with Gasteiger partial charge in [-0.2, -0.15) is 4.31 Å². The maximum Gasteiger partial charge on any atom is 0.255 e. The number of nitrogens with one attached hydrogen (secondary N) is 1. The quantitative estimate of drug-likeness (QED) is 0.466. The maximum absolute atomic E-state index is 13.1. The van der Waals surface area contributed by atoms with E-state index in [1.54, 1.807) is 36.5 Å². The van der Waals surface area contributed by atoms with Gasteiger partial charge in [0.05, 0.1) is 10.6 Å². The molecule has 0 radical (unpaired) electrons. The Hall–Kier alpha value is -3.56. The van der Waals surface area contributed by atoms with Gasteiger partial charge in [-0.25, -0.2) is 18.4 Å². The van der Waals surface area contributed by atoms with Crippen molar-refractivity contribution in [1.29, 1.82) is 0 Å². The van der Waals surface area contributed by atoms with E-state index in [0.717, 1.165) is 36.9 Å². The van der Waals surface area contributed by atoms with Crippen molar-refractivity contribution in [1.82, 2.24) is 18.7 Å². The fourth-order valence-corrected chi connectivity index (χ4v) is 5.69. The third-order valence-electron chi connectivity index (χ3n) is 5.97. The summed E-state index contributed by atoms with van der Waals surface area (Å²) in [6, 6.07) is 15.4. The molecule has 34 heavy (non-hydrogen) atoms. The molecule has 1 aliphatic rings. The highest BCUT2D eigenvalue weighted by Gasteiger charge is 2.25. The first-order chi connectivity index (χ1) is 16.5. The average Bonchev–Trinajstić information content (AvgIpc) is 3.09. The first kappa shape index (κ1) is 22.2. The molecule has 9 heteroatoms. The fraction of sp³-hybridized carbons (Fsp3) is 0.240. The van der Waals surface area contributed by atoms with Gasteiger partial charge in [0.15, 0.2) is 0 Å². The number of nitrogens with zero attached hydrogens (tertiary/aromatic N) is 4. The lowest BCUT2D eigenvalue weighted by atomic mass is 10.1. The van der Waals surface area contributed by atoms with Crippen LogP contribution in [0.5, 0.6) is 0 Å². The molecule has 1 N–H and O–H groups in total. The Morgan fingerprint density at radius 2 is 1.71 bits per heavy atom. The normalized spacial score (nSPS) is 15.2. The highest BCUT2D eigenvalue weighted by atomic mass is 32.2. The van der Waals surface area contributed by atoms with Gasteiger partial charge in [0, 0.05) is 48.5 Å². The van der Waals surface area contributed by atoms with E-state index in [0.29, 0.717) is 30.1 Å². The van der Waals surface area contributed by atoms with Crippen LogP contribution in [-0.4, -0.2) is 46.1 Å². The van der Waals surface area contributed by atoms with Gasteiger partial charge in [0.25, 0.3) is 5.91 Å². The summed E-state index contributed by atoms with van der Waals surface area (Å²) in [4.78, 5) is 21.7. The van der Waals surface area contributed by atoms with Gasteiger partial charge in [-0.15, -0.1) is 0 Å². The number of anilines is 1. The number of carbonyl (C=O) groups excluding carboxylic acids is 1. The van der Waals surface area contributed by atoms with Crippen LogP contribution in [-0.2, 0) is 10.0 Å². The molecule has 1 amide bonds. The largest absolute Gasteiger partial charge is 0.322 e. The minimum Gasteiger partial charge on any atom is -0.322 e. The summed E-state index contributed by atoms with van der Waals surface area (Å²) in [5, 5.41) is 2.85. The number of hydrogen-bond donors (Lipinski definition) is 1. The molecule has 0 saturated carbocycles. The Kier molecular flexibility index (Phi) is 6.12. The Morgan fingerprint density at radius 1 is 0.941 bits per heavy atom. The molecule has 174 valence electrons. The third-order valence-corrected chi connectivity index (χ3v) is 7.87. The van der Waals surface area contributed by atoms with Crippen molar-refractivity contribution >= 4 is 27.4 Å². The number of aromatic nitrogens is 3. The maximum atomic E-state index is 13.1. The van der Waals surface area contributed by atoms with Crippen molar-refractivity contribution in [3.05, 3.63) is 78.8 Å². The molecule has 0 aliphatic carbocycles.